The fourth-order valence-electron chi connectivity index (χ4n) is 1.48. The molecule has 0 bridgehead atoms. The van der Waals surface area contributed by atoms with Crippen LogP contribution in [0.3, 0.4) is 0 Å². The molecule has 3 rings (SSSR count). The van der Waals surface area contributed by atoms with Crippen molar-refractivity contribution in [2.75, 3.05) is 0 Å². The molecule has 2 aromatic rings. The molecule has 1 aliphatic rings. The van der Waals surface area contributed by atoms with Crippen LogP contribution in [-0.2, 0) is 0 Å². The van der Waals surface area contributed by atoms with Crippen LogP contribution in [0, 0.1) is 0 Å². The lowest BCUT2D eigenvalue weighted by molar-refractivity contribution is 0.975. The summed E-state index contributed by atoms with van der Waals surface area (Å²) >= 11 is 0. The number of rotatable bonds is 2. The average molecular weight is 186 g/mol. The molecule has 0 aromatic carbocycles. The van der Waals surface area contributed by atoms with E-state index in [9.17, 15) is 0 Å². The van der Waals surface area contributed by atoms with Crippen molar-refractivity contribution in [3.63, 3.8) is 0 Å². The molecule has 0 amide bonds. The molecule has 0 aliphatic heterocycles. The van der Waals surface area contributed by atoms with Crippen molar-refractivity contribution in [3.05, 3.63) is 30.6 Å². The molecule has 4 heteroatoms. The molecule has 0 saturated heterocycles. The lowest BCUT2D eigenvalue weighted by atomic mass is 10.3. The Labute approximate surface area is 81.4 Å². The van der Waals surface area contributed by atoms with Crippen molar-refractivity contribution in [1.29, 1.82) is 0 Å². The number of nitrogens with one attached hydrogen (secondary N) is 1. The van der Waals surface area contributed by atoms with Crippen LogP contribution in [0.15, 0.2) is 24.8 Å². The number of nitrogens with zero attached hydrogens (tertiary/aromatic N) is 3. The summed E-state index contributed by atoms with van der Waals surface area (Å²) in [4.78, 5) is 15.7. The van der Waals surface area contributed by atoms with Gasteiger partial charge in [-0.15, -0.1) is 0 Å². The van der Waals surface area contributed by atoms with Crippen molar-refractivity contribution in [2.45, 2.75) is 18.8 Å². The van der Waals surface area contributed by atoms with Gasteiger partial charge in [0.05, 0.1) is 17.6 Å². The number of imidazole rings is 1. The zero-order valence-electron chi connectivity index (χ0n) is 7.64. The summed E-state index contributed by atoms with van der Waals surface area (Å²) in [6, 6.07) is 1.88. The Morgan fingerprint density at radius 1 is 1.29 bits per heavy atom. The molecule has 0 atom stereocenters. The molecule has 0 unspecified atom stereocenters. The van der Waals surface area contributed by atoms with Crippen LogP contribution in [-0.4, -0.2) is 19.9 Å². The van der Waals surface area contributed by atoms with Crippen molar-refractivity contribution in [2.24, 2.45) is 0 Å². The maximum Gasteiger partial charge on any atom is 0.116 e. The topological polar surface area (TPSA) is 54.5 Å². The second kappa shape index (κ2) is 2.90. The van der Waals surface area contributed by atoms with Crippen LogP contribution in [0.1, 0.15) is 24.6 Å². The van der Waals surface area contributed by atoms with E-state index < -0.39 is 0 Å². The second-order valence-electron chi connectivity index (χ2n) is 3.55. The third-order valence-electron chi connectivity index (χ3n) is 2.42. The standard InChI is InChI=1S/C10H10N4/c1-2-7(1)10-12-5-9(14-10)8-3-4-11-6-13-8/h3-7H,1-2H2,(H,12,14). The van der Waals surface area contributed by atoms with Gasteiger partial charge in [-0.2, -0.15) is 0 Å². The van der Waals surface area contributed by atoms with E-state index in [1.165, 1.54) is 12.8 Å². The fourth-order valence-corrected chi connectivity index (χ4v) is 1.48. The summed E-state index contributed by atoms with van der Waals surface area (Å²) in [5.41, 5.74) is 1.88. The maximum absolute atomic E-state index is 4.34. The summed E-state index contributed by atoms with van der Waals surface area (Å²) < 4.78 is 0. The average Bonchev–Trinajstić information content (AvgIpc) is 2.98. The molecule has 1 N–H and O–H groups in total. The molecule has 2 aromatic heterocycles. The Morgan fingerprint density at radius 3 is 2.93 bits per heavy atom. The monoisotopic (exact) mass is 186 g/mol. The van der Waals surface area contributed by atoms with Gasteiger partial charge in [0.1, 0.15) is 12.2 Å². The minimum absolute atomic E-state index is 0.658. The predicted octanol–water partition coefficient (Wildman–Crippen LogP) is 1.74. The van der Waals surface area contributed by atoms with Gasteiger partial charge >= 0.3 is 0 Å². The molecule has 1 saturated carbocycles. The van der Waals surface area contributed by atoms with Gasteiger partial charge in [0.2, 0.25) is 0 Å². The molecule has 70 valence electrons. The van der Waals surface area contributed by atoms with Crippen molar-refractivity contribution in [1.82, 2.24) is 19.9 Å². The highest BCUT2D eigenvalue weighted by Gasteiger charge is 2.26. The van der Waals surface area contributed by atoms with E-state index >= 15 is 0 Å². The largest absolute Gasteiger partial charge is 0.340 e. The van der Waals surface area contributed by atoms with Gasteiger partial charge in [-0.05, 0) is 18.9 Å². The van der Waals surface area contributed by atoms with E-state index in [4.69, 9.17) is 0 Å². The molecular weight excluding hydrogens is 176 g/mol. The first-order valence-electron chi connectivity index (χ1n) is 4.75. The first kappa shape index (κ1) is 7.67. The summed E-state index contributed by atoms with van der Waals surface area (Å²) in [5.74, 6) is 1.75. The summed E-state index contributed by atoms with van der Waals surface area (Å²) in [5, 5.41) is 0. The minimum Gasteiger partial charge on any atom is -0.340 e. The Balaban J connectivity index is 1.96. The van der Waals surface area contributed by atoms with E-state index in [-0.39, 0.29) is 0 Å². The van der Waals surface area contributed by atoms with Crippen molar-refractivity contribution >= 4 is 0 Å². The number of hydrogen-bond donors (Lipinski definition) is 1. The SMILES string of the molecule is c1cc(-c2cnc(C3CC3)[nH]2)ncn1. The highest BCUT2D eigenvalue weighted by atomic mass is 15.0. The van der Waals surface area contributed by atoms with E-state index in [2.05, 4.69) is 19.9 Å². The molecule has 1 fully saturated rings. The van der Waals surface area contributed by atoms with E-state index in [0.717, 1.165) is 17.2 Å². The van der Waals surface area contributed by atoms with Crippen LogP contribution in [0.5, 0.6) is 0 Å². The van der Waals surface area contributed by atoms with Gasteiger partial charge in [-0.25, -0.2) is 15.0 Å². The number of hydrogen-bond acceptors (Lipinski definition) is 3. The molecular formula is C10H10N4. The van der Waals surface area contributed by atoms with Crippen LogP contribution in [0.25, 0.3) is 11.4 Å². The Bertz CT molecular complexity index is 430. The Hall–Kier alpha value is -1.71. The number of aromatic nitrogens is 4. The number of H-pyrrole nitrogens is 1. The Kier molecular flexibility index (Phi) is 1.59. The van der Waals surface area contributed by atoms with Gasteiger partial charge in [0.15, 0.2) is 0 Å². The fraction of sp³-hybridized carbons (Fsp3) is 0.300. The highest BCUT2D eigenvalue weighted by molar-refractivity contribution is 5.52. The van der Waals surface area contributed by atoms with Gasteiger partial charge in [-0.1, -0.05) is 0 Å². The highest BCUT2D eigenvalue weighted by Crippen LogP contribution is 2.38. The molecule has 0 radical (unpaired) electrons. The molecule has 4 nitrogen and oxygen atoms in total. The minimum atomic E-state index is 0.658. The molecule has 0 spiro atoms. The molecule has 2 heterocycles. The molecule has 14 heavy (non-hydrogen) atoms. The molecule has 1 aliphatic carbocycles. The zero-order chi connectivity index (χ0) is 9.38. The normalized spacial score (nSPS) is 15.7. The first-order valence-corrected chi connectivity index (χ1v) is 4.75. The quantitative estimate of drug-likeness (QED) is 0.777. The summed E-state index contributed by atoms with van der Waals surface area (Å²) in [6.07, 6.45) is 7.65. The first-order chi connectivity index (χ1) is 6.93. The third kappa shape index (κ3) is 1.28. The van der Waals surface area contributed by atoms with Crippen molar-refractivity contribution < 1.29 is 0 Å². The maximum atomic E-state index is 4.34. The van der Waals surface area contributed by atoms with Crippen LogP contribution < -0.4 is 0 Å². The van der Waals surface area contributed by atoms with Crippen LogP contribution in [0.4, 0.5) is 0 Å². The van der Waals surface area contributed by atoms with Crippen LogP contribution in [0.2, 0.25) is 0 Å². The second-order valence-corrected chi connectivity index (χ2v) is 3.55. The van der Waals surface area contributed by atoms with Crippen LogP contribution >= 0.6 is 0 Å². The third-order valence-corrected chi connectivity index (χ3v) is 2.42. The Morgan fingerprint density at radius 2 is 2.21 bits per heavy atom. The van der Waals surface area contributed by atoms with Gasteiger partial charge < -0.3 is 4.98 Å². The van der Waals surface area contributed by atoms with Gasteiger partial charge in [0, 0.05) is 12.1 Å². The smallest absolute Gasteiger partial charge is 0.116 e. The van der Waals surface area contributed by atoms with Gasteiger partial charge in [-0.3, -0.25) is 0 Å². The van der Waals surface area contributed by atoms with Crippen molar-refractivity contribution in [3.8, 4) is 11.4 Å². The number of aromatic amines is 1. The van der Waals surface area contributed by atoms with E-state index in [1.807, 2.05) is 12.3 Å². The van der Waals surface area contributed by atoms with E-state index in [0.29, 0.717) is 5.92 Å². The zero-order valence-corrected chi connectivity index (χ0v) is 7.64. The predicted molar refractivity (Wildman–Crippen MR) is 51.6 cm³/mol. The summed E-state index contributed by atoms with van der Waals surface area (Å²) in [6.45, 7) is 0. The lowest BCUT2D eigenvalue weighted by Crippen LogP contribution is -1.85. The summed E-state index contributed by atoms with van der Waals surface area (Å²) in [7, 11) is 0. The lowest BCUT2D eigenvalue weighted by Gasteiger charge is -1.93. The van der Waals surface area contributed by atoms with Gasteiger partial charge in [0.25, 0.3) is 0 Å². The van der Waals surface area contributed by atoms with E-state index in [1.54, 1.807) is 12.5 Å².